The number of primary sulfonamides is 1. The minimum absolute atomic E-state index is 0.0460. The lowest BCUT2D eigenvalue weighted by atomic mass is 10.3. The van der Waals surface area contributed by atoms with Gasteiger partial charge in [0.25, 0.3) is 0 Å². The summed E-state index contributed by atoms with van der Waals surface area (Å²) in [5.74, 6) is 0. The second-order valence-electron chi connectivity index (χ2n) is 4.03. The van der Waals surface area contributed by atoms with E-state index in [4.69, 9.17) is 10.9 Å². The molecule has 0 radical (unpaired) electrons. The smallest absolute Gasteiger partial charge is 0.238 e. The molecule has 0 bridgehead atoms. The van der Waals surface area contributed by atoms with Crippen LogP contribution in [-0.2, 0) is 20.8 Å². The van der Waals surface area contributed by atoms with Crippen molar-refractivity contribution in [2.75, 3.05) is 23.9 Å². The molecule has 0 saturated heterocycles. The zero-order valence-corrected chi connectivity index (χ0v) is 11.8. The fraction of sp³-hybridized carbons (Fsp3) is 0.400. The van der Waals surface area contributed by atoms with E-state index >= 15 is 0 Å². The molecule has 0 aliphatic carbocycles. The fourth-order valence-electron chi connectivity index (χ4n) is 1.27. The molecule has 0 heterocycles. The number of nitrogens with one attached hydrogen (secondary N) is 1. The summed E-state index contributed by atoms with van der Waals surface area (Å²) in [6.07, 6.45) is 1.61. The van der Waals surface area contributed by atoms with Gasteiger partial charge < -0.3 is 11.1 Å². The van der Waals surface area contributed by atoms with Gasteiger partial charge in [-0.25, -0.2) is 13.6 Å². The quantitative estimate of drug-likeness (QED) is 0.665. The van der Waals surface area contributed by atoms with Crippen LogP contribution in [0.1, 0.15) is 6.92 Å². The van der Waals surface area contributed by atoms with Gasteiger partial charge in [0, 0.05) is 40.2 Å². The van der Waals surface area contributed by atoms with Crippen LogP contribution in [0, 0.1) is 0 Å². The lowest BCUT2D eigenvalue weighted by molar-refractivity contribution is 0.598. The van der Waals surface area contributed by atoms with Crippen LogP contribution in [-0.4, -0.2) is 30.7 Å². The van der Waals surface area contributed by atoms with Gasteiger partial charge in [0.05, 0.1) is 4.90 Å². The minimum atomic E-state index is -3.78. The molecular weight excluding hydrogens is 274 g/mol. The van der Waals surface area contributed by atoms with E-state index in [0.29, 0.717) is 17.9 Å². The molecule has 0 aromatic heterocycles. The van der Waals surface area contributed by atoms with Crippen molar-refractivity contribution in [3.63, 3.8) is 0 Å². The van der Waals surface area contributed by atoms with Crippen molar-refractivity contribution in [1.82, 2.24) is 0 Å². The summed E-state index contributed by atoms with van der Waals surface area (Å²) >= 11 is 0. The van der Waals surface area contributed by atoms with Crippen molar-refractivity contribution in [3.05, 3.63) is 18.2 Å². The first-order valence-electron chi connectivity index (χ1n) is 5.19. The SMILES string of the molecule is CC(CNc1cc(N)cc(S(N)(=O)=O)c1)S(C)=O. The summed E-state index contributed by atoms with van der Waals surface area (Å²) < 4.78 is 33.6. The van der Waals surface area contributed by atoms with Crippen molar-refractivity contribution < 1.29 is 12.6 Å². The molecule has 5 N–H and O–H groups in total. The Balaban J connectivity index is 2.91. The first kappa shape index (κ1) is 14.9. The van der Waals surface area contributed by atoms with Crippen LogP contribution in [0.4, 0.5) is 11.4 Å². The van der Waals surface area contributed by atoms with Gasteiger partial charge in [0.2, 0.25) is 10.0 Å². The first-order valence-corrected chi connectivity index (χ1v) is 8.36. The summed E-state index contributed by atoms with van der Waals surface area (Å²) in [5, 5.41) is 7.97. The van der Waals surface area contributed by atoms with Gasteiger partial charge in [-0.2, -0.15) is 0 Å². The molecule has 2 atom stereocenters. The number of rotatable bonds is 5. The van der Waals surface area contributed by atoms with Crippen molar-refractivity contribution in [3.8, 4) is 0 Å². The van der Waals surface area contributed by atoms with Crippen LogP contribution >= 0.6 is 0 Å². The molecule has 1 aromatic carbocycles. The highest BCUT2D eigenvalue weighted by molar-refractivity contribution is 7.89. The fourth-order valence-corrected chi connectivity index (χ4v) is 2.18. The second-order valence-corrected chi connectivity index (χ2v) is 7.39. The average Bonchev–Trinajstić information content (AvgIpc) is 2.23. The van der Waals surface area contributed by atoms with Crippen molar-refractivity contribution in [2.24, 2.45) is 5.14 Å². The maximum Gasteiger partial charge on any atom is 0.238 e. The van der Waals surface area contributed by atoms with E-state index in [0.717, 1.165) is 0 Å². The molecule has 0 amide bonds. The molecule has 102 valence electrons. The van der Waals surface area contributed by atoms with Gasteiger partial charge in [0.15, 0.2) is 0 Å². The Morgan fingerprint density at radius 3 is 2.50 bits per heavy atom. The van der Waals surface area contributed by atoms with Gasteiger partial charge in [-0.15, -0.1) is 0 Å². The van der Waals surface area contributed by atoms with Gasteiger partial charge >= 0.3 is 0 Å². The van der Waals surface area contributed by atoms with Crippen LogP contribution in [0.15, 0.2) is 23.1 Å². The Labute approximate surface area is 109 Å². The third-order valence-electron chi connectivity index (χ3n) is 2.42. The summed E-state index contributed by atoms with van der Waals surface area (Å²) in [6, 6.07) is 4.29. The number of nitrogen functional groups attached to an aromatic ring is 1. The van der Waals surface area contributed by atoms with Crippen molar-refractivity contribution in [1.29, 1.82) is 0 Å². The number of nitrogens with two attached hydrogens (primary N) is 2. The van der Waals surface area contributed by atoms with E-state index in [1.807, 2.05) is 6.92 Å². The third kappa shape index (κ3) is 4.28. The standard InChI is InChI=1S/C10H17N3O3S2/c1-7(17(2)14)6-13-9-3-8(11)4-10(5-9)18(12,15)16/h3-5,7,13H,6,11H2,1-2H3,(H2,12,15,16). The van der Waals surface area contributed by atoms with E-state index in [9.17, 15) is 12.6 Å². The Kier molecular flexibility index (Phi) is 4.71. The summed E-state index contributed by atoms with van der Waals surface area (Å²) in [5.41, 5.74) is 6.44. The van der Waals surface area contributed by atoms with Crippen LogP contribution < -0.4 is 16.2 Å². The molecular formula is C10H17N3O3S2. The summed E-state index contributed by atoms with van der Waals surface area (Å²) in [6.45, 7) is 2.28. The maximum absolute atomic E-state index is 11.2. The Morgan fingerprint density at radius 1 is 1.39 bits per heavy atom. The van der Waals surface area contributed by atoms with Crippen LogP contribution in [0.25, 0.3) is 0 Å². The number of hydrogen-bond acceptors (Lipinski definition) is 5. The Bertz CT molecular complexity index is 557. The van der Waals surface area contributed by atoms with Gasteiger partial charge in [-0.3, -0.25) is 4.21 Å². The molecule has 18 heavy (non-hydrogen) atoms. The molecule has 0 spiro atoms. The first-order chi connectivity index (χ1) is 8.20. The predicted octanol–water partition coefficient (Wildman–Crippen LogP) is 0.0951. The van der Waals surface area contributed by atoms with E-state index in [2.05, 4.69) is 5.32 Å². The molecule has 2 unspecified atom stereocenters. The molecule has 0 saturated carbocycles. The van der Waals surface area contributed by atoms with Crippen LogP contribution in [0.5, 0.6) is 0 Å². The molecule has 6 nitrogen and oxygen atoms in total. The summed E-state index contributed by atoms with van der Waals surface area (Å²) in [4.78, 5) is -0.0460. The molecule has 0 fully saturated rings. The predicted molar refractivity (Wildman–Crippen MR) is 74.2 cm³/mol. The lowest BCUT2D eigenvalue weighted by Gasteiger charge is -2.12. The largest absolute Gasteiger partial charge is 0.399 e. The normalized spacial score (nSPS) is 15.1. The van der Waals surface area contributed by atoms with Gasteiger partial charge in [-0.1, -0.05) is 0 Å². The van der Waals surface area contributed by atoms with E-state index in [-0.39, 0.29) is 10.1 Å². The maximum atomic E-state index is 11.2. The van der Waals surface area contributed by atoms with Crippen molar-refractivity contribution >= 4 is 32.2 Å². The number of hydrogen-bond donors (Lipinski definition) is 3. The molecule has 0 aliphatic heterocycles. The highest BCUT2D eigenvalue weighted by Crippen LogP contribution is 2.19. The van der Waals surface area contributed by atoms with Crippen LogP contribution in [0.3, 0.4) is 0 Å². The monoisotopic (exact) mass is 291 g/mol. The van der Waals surface area contributed by atoms with Crippen LogP contribution in [0.2, 0.25) is 0 Å². The molecule has 8 heteroatoms. The zero-order chi connectivity index (χ0) is 13.9. The second kappa shape index (κ2) is 5.68. The molecule has 1 rings (SSSR count). The number of benzene rings is 1. The Hall–Kier alpha value is -1.12. The lowest BCUT2D eigenvalue weighted by Crippen LogP contribution is -2.21. The summed E-state index contributed by atoms with van der Waals surface area (Å²) in [7, 11) is -4.73. The van der Waals surface area contributed by atoms with E-state index < -0.39 is 20.8 Å². The number of anilines is 2. The van der Waals surface area contributed by atoms with Gasteiger partial charge in [0.1, 0.15) is 0 Å². The number of sulfonamides is 1. The highest BCUT2D eigenvalue weighted by atomic mass is 32.2. The zero-order valence-electron chi connectivity index (χ0n) is 10.2. The molecule has 0 aliphatic rings. The van der Waals surface area contributed by atoms with E-state index in [1.165, 1.54) is 12.1 Å². The third-order valence-corrected chi connectivity index (χ3v) is 4.61. The van der Waals surface area contributed by atoms with E-state index in [1.54, 1.807) is 12.3 Å². The van der Waals surface area contributed by atoms with Crippen molar-refractivity contribution in [2.45, 2.75) is 17.1 Å². The Morgan fingerprint density at radius 2 is 2.00 bits per heavy atom. The highest BCUT2D eigenvalue weighted by Gasteiger charge is 2.11. The minimum Gasteiger partial charge on any atom is -0.399 e. The average molecular weight is 291 g/mol. The topological polar surface area (TPSA) is 115 Å². The molecule has 1 aromatic rings. The van der Waals surface area contributed by atoms with Gasteiger partial charge in [-0.05, 0) is 25.1 Å².